The van der Waals surface area contributed by atoms with Crippen molar-refractivity contribution >= 4 is 17.8 Å². The number of hydrogen-bond acceptors (Lipinski definition) is 6. The van der Waals surface area contributed by atoms with Gasteiger partial charge in [0, 0.05) is 37.8 Å². The Morgan fingerprint density at radius 3 is 2.46 bits per heavy atom. The molecule has 1 aliphatic rings. The van der Waals surface area contributed by atoms with Gasteiger partial charge >= 0.3 is 6.09 Å². The molecule has 2 amide bonds. The first-order valence-electron chi connectivity index (χ1n) is 8.11. The lowest BCUT2D eigenvalue weighted by molar-refractivity contribution is 0.0914. The number of nitrogens with zero attached hydrogens (tertiary/aromatic N) is 4. The number of ether oxygens (including phenoxy) is 1. The number of hydrogen-bond donors (Lipinski definition) is 1. The van der Waals surface area contributed by atoms with Crippen molar-refractivity contribution in [2.75, 3.05) is 37.7 Å². The Morgan fingerprint density at radius 2 is 1.88 bits per heavy atom. The van der Waals surface area contributed by atoms with E-state index in [0.717, 1.165) is 0 Å². The van der Waals surface area contributed by atoms with E-state index in [2.05, 4.69) is 15.3 Å². The van der Waals surface area contributed by atoms with Crippen molar-refractivity contribution in [3.05, 3.63) is 18.1 Å². The maximum atomic E-state index is 12.2. The third-order valence-electron chi connectivity index (χ3n) is 3.50. The van der Waals surface area contributed by atoms with E-state index in [0.29, 0.717) is 44.3 Å². The standard InChI is InChI=1S/C16H25N5O3/c1-5-24-15(23)21-8-6-20(7-9-21)13-10-12(17-11-18-13)14(22)19-16(2,3)4/h10-11H,5-9H2,1-4H3,(H,19,22). The Labute approximate surface area is 142 Å². The van der Waals surface area contributed by atoms with Gasteiger partial charge in [-0.05, 0) is 27.7 Å². The molecule has 1 aliphatic heterocycles. The van der Waals surface area contributed by atoms with Crippen LogP contribution in [0.4, 0.5) is 10.6 Å². The number of aromatic nitrogens is 2. The van der Waals surface area contributed by atoms with Gasteiger partial charge in [-0.15, -0.1) is 0 Å². The third kappa shape index (κ3) is 4.81. The molecule has 1 N–H and O–H groups in total. The second kappa shape index (κ2) is 7.46. The molecule has 0 spiro atoms. The number of nitrogens with one attached hydrogen (secondary N) is 1. The number of amides is 2. The molecule has 1 fully saturated rings. The van der Waals surface area contributed by atoms with E-state index in [1.807, 2.05) is 25.7 Å². The van der Waals surface area contributed by atoms with Gasteiger partial charge in [-0.3, -0.25) is 4.79 Å². The molecular formula is C16H25N5O3. The molecule has 0 bridgehead atoms. The highest BCUT2D eigenvalue weighted by molar-refractivity contribution is 5.93. The molecular weight excluding hydrogens is 310 g/mol. The molecule has 8 nitrogen and oxygen atoms in total. The zero-order valence-electron chi connectivity index (χ0n) is 14.7. The average Bonchev–Trinajstić information content (AvgIpc) is 2.54. The van der Waals surface area contributed by atoms with Gasteiger partial charge in [0.05, 0.1) is 6.61 Å². The molecule has 132 valence electrons. The van der Waals surface area contributed by atoms with Crippen LogP contribution in [-0.2, 0) is 4.74 Å². The lowest BCUT2D eigenvalue weighted by atomic mass is 10.1. The van der Waals surface area contributed by atoms with Crippen molar-refractivity contribution in [1.29, 1.82) is 0 Å². The van der Waals surface area contributed by atoms with Crippen LogP contribution >= 0.6 is 0 Å². The molecule has 24 heavy (non-hydrogen) atoms. The zero-order valence-corrected chi connectivity index (χ0v) is 14.7. The Kier molecular flexibility index (Phi) is 5.58. The van der Waals surface area contributed by atoms with Gasteiger partial charge in [-0.25, -0.2) is 14.8 Å². The molecule has 1 aromatic heterocycles. The second-order valence-corrected chi connectivity index (χ2v) is 6.64. The van der Waals surface area contributed by atoms with Crippen molar-refractivity contribution in [1.82, 2.24) is 20.2 Å². The van der Waals surface area contributed by atoms with Crippen molar-refractivity contribution in [3.8, 4) is 0 Å². The molecule has 0 atom stereocenters. The predicted octanol–water partition coefficient (Wildman–Crippen LogP) is 1.28. The monoisotopic (exact) mass is 335 g/mol. The first-order chi connectivity index (χ1) is 11.3. The predicted molar refractivity (Wildman–Crippen MR) is 90.1 cm³/mol. The molecule has 8 heteroatoms. The van der Waals surface area contributed by atoms with E-state index >= 15 is 0 Å². The van der Waals surface area contributed by atoms with Gasteiger partial charge in [0.2, 0.25) is 0 Å². The van der Waals surface area contributed by atoms with Gasteiger partial charge in [-0.1, -0.05) is 0 Å². The van der Waals surface area contributed by atoms with Crippen LogP contribution in [0.5, 0.6) is 0 Å². The minimum Gasteiger partial charge on any atom is -0.450 e. The first-order valence-corrected chi connectivity index (χ1v) is 8.11. The number of anilines is 1. The summed E-state index contributed by atoms with van der Waals surface area (Å²) in [4.78, 5) is 36.0. The largest absolute Gasteiger partial charge is 0.450 e. The number of rotatable bonds is 3. The van der Waals surface area contributed by atoms with E-state index in [4.69, 9.17) is 4.74 Å². The van der Waals surface area contributed by atoms with Crippen molar-refractivity contribution in [3.63, 3.8) is 0 Å². The zero-order chi connectivity index (χ0) is 17.7. The fraction of sp³-hybridized carbons (Fsp3) is 0.625. The summed E-state index contributed by atoms with van der Waals surface area (Å²) >= 11 is 0. The summed E-state index contributed by atoms with van der Waals surface area (Å²) in [5.74, 6) is 0.462. The van der Waals surface area contributed by atoms with Crippen molar-refractivity contribution in [2.45, 2.75) is 33.2 Å². The van der Waals surface area contributed by atoms with Crippen LogP contribution in [0.25, 0.3) is 0 Å². The summed E-state index contributed by atoms with van der Waals surface area (Å²) in [5.41, 5.74) is 0.00995. The molecule has 0 saturated carbocycles. The summed E-state index contributed by atoms with van der Waals surface area (Å²) in [5, 5.41) is 2.88. The number of piperazine rings is 1. The minimum absolute atomic E-state index is 0.226. The maximum Gasteiger partial charge on any atom is 0.409 e. The van der Waals surface area contributed by atoms with Crippen LogP contribution in [0.2, 0.25) is 0 Å². The fourth-order valence-electron chi connectivity index (χ4n) is 2.38. The molecule has 0 aromatic carbocycles. The van der Waals surface area contributed by atoms with Gasteiger partial charge in [0.25, 0.3) is 5.91 Å². The molecule has 2 heterocycles. The van der Waals surface area contributed by atoms with E-state index in [9.17, 15) is 9.59 Å². The lowest BCUT2D eigenvalue weighted by Crippen LogP contribution is -2.49. The van der Waals surface area contributed by atoms with Crippen LogP contribution < -0.4 is 10.2 Å². The second-order valence-electron chi connectivity index (χ2n) is 6.64. The van der Waals surface area contributed by atoms with Crippen LogP contribution in [0.1, 0.15) is 38.2 Å². The van der Waals surface area contributed by atoms with E-state index < -0.39 is 0 Å². The van der Waals surface area contributed by atoms with Crippen molar-refractivity contribution in [2.24, 2.45) is 0 Å². The smallest absolute Gasteiger partial charge is 0.409 e. The highest BCUT2D eigenvalue weighted by Crippen LogP contribution is 2.15. The first kappa shape index (κ1) is 18.0. The third-order valence-corrected chi connectivity index (χ3v) is 3.50. The van der Waals surface area contributed by atoms with Gasteiger partial charge in [-0.2, -0.15) is 0 Å². The average molecular weight is 335 g/mol. The Balaban J connectivity index is 2.00. The Bertz CT molecular complexity index is 592. The topological polar surface area (TPSA) is 87.7 Å². The SMILES string of the molecule is CCOC(=O)N1CCN(c2cc(C(=O)NC(C)(C)C)ncn2)CC1. The highest BCUT2D eigenvalue weighted by Gasteiger charge is 2.24. The van der Waals surface area contributed by atoms with E-state index in [-0.39, 0.29) is 17.5 Å². The fourth-order valence-corrected chi connectivity index (χ4v) is 2.38. The Morgan fingerprint density at radius 1 is 1.21 bits per heavy atom. The van der Waals surface area contributed by atoms with Crippen LogP contribution in [0.15, 0.2) is 12.4 Å². The highest BCUT2D eigenvalue weighted by atomic mass is 16.6. The molecule has 0 radical (unpaired) electrons. The summed E-state index contributed by atoms with van der Waals surface area (Å²) in [6, 6.07) is 1.68. The summed E-state index contributed by atoms with van der Waals surface area (Å²) < 4.78 is 5.01. The van der Waals surface area contributed by atoms with Crippen LogP contribution in [0.3, 0.4) is 0 Å². The Hall–Kier alpha value is -2.38. The number of carbonyl (C=O) groups excluding carboxylic acids is 2. The quantitative estimate of drug-likeness (QED) is 0.895. The van der Waals surface area contributed by atoms with Crippen LogP contribution in [-0.4, -0.2) is 65.2 Å². The number of carbonyl (C=O) groups is 2. The minimum atomic E-state index is -0.326. The van der Waals surface area contributed by atoms with Crippen LogP contribution in [0, 0.1) is 0 Å². The summed E-state index contributed by atoms with van der Waals surface area (Å²) in [6.45, 7) is 10.3. The lowest BCUT2D eigenvalue weighted by Gasteiger charge is -2.34. The molecule has 2 rings (SSSR count). The maximum absolute atomic E-state index is 12.2. The molecule has 0 unspecified atom stereocenters. The van der Waals surface area contributed by atoms with Gasteiger partial charge in [0.1, 0.15) is 17.8 Å². The summed E-state index contributed by atoms with van der Waals surface area (Å²) in [6.07, 6.45) is 1.11. The molecule has 0 aliphatic carbocycles. The van der Waals surface area contributed by atoms with Crippen molar-refractivity contribution < 1.29 is 14.3 Å². The van der Waals surface area contributed by atoms with Gasteiger partial charge < -0.3 is 19.9 Å². The van der Waals surface area contributed by atoms with E-state index in [1.54, 1.807) is 17.9 Å². The van der Waals surface area contributed by atoms with E-state index in [1.165, 1.54) is 6.33 Å². The van der Waals surface area contributed by atoms with Gasteiger partial charge in [0.15, 0.2) is 0 Å². The molecule has 1 saturated heterocycles. The summed E-state index contributed by atoms with van der Waals surface area (Å²) in [7, 11) is 0. The normalized spacial score (nSPS) is 15.2. The molecule has 1 aromatic rings.